The van der Waals surface area contributed by atoms with Crippen LogP contribution in [0.1, 0.15) is 80.6 Å². The van der Waals surface area contributed by atoms with Gasteiger partial charge >= 0.3 is 0 Å². The molecule has 3 aromatic rings. The maximum absolute atomic E-state index is 13.6. The van der Waals surface area contributed by atoms with E-state index in [1.807, 2.05) is 31.2 Å². The van der Waals surface area contributed by atoms with Crippen molar-refractivity contribution in [1.29, 1.82) is 0 Å². The lowest BCUT2D eigenvalue weighted by atomic mass is 9.98. The summed E-state index contributed by atoms with van der Waals surface area (Å²) in [7, 11) is 0. The molecule has 4 rings (SSSR count). The van der Waals surface area contributed by atoms with E-state index < -0.39 is 6.04 Å². The number of fused-ring (bicyclic) bond motifs is 2. The maximum atomic E-state index is 13.6. The second kappa shape index (κ2) is 10.8. The van der Waals surface area contributed by atoms with Crippen LogP contribution in [0.4, 0.5) is 0 Å². The van der Waals surface area contributed by atoms with Gasteiger partial charge in [0.15, 0.2) is 16.9 Å². The van der Waals surface area contributed by atoms with Gasteiger partial charge in [0, 0.05) is 6.54 Å². The minimum atomic E-state index is -0.525. The average Bonchev–Trinajstić information content (AvgIpc) is 3.13. The van der Waals surface area contributed by atoms with Crippen molar-refractivity contribution < 1.29 is 18.7 Å². The van der Waals surface area contributed by atoms with Crippen LogP contribution in [0.5, 0.6) is 11.5 Å². The van der Waals surface area contributed by atoms with E-state index in [0.717, 1.165) is 37.7 Å². The van der Waals surface area contributed by atoms with Gasteiger partial charge in [-0.1, -0.05) is 51.3 Å². The van der Waals surface area contributed by atoms with Crippen LogP contribution in [-0.2, 0) is 0 Å². The highest BCUT2D eigenvalue weighted by Crippen LogP contribution is 2.41. The molecule has 0 N–H and O–H groups in total. The summed E-state index contributed by atoms with van der Waals surface area (Å²) in [5, 5.41) is 0.484. The number of amides is 1. The number of carbonyl (C=O) groups is 1. The van der Waals surface area contributed by atoms with E-state index >= 15 is 0 Å². The van der Waals surface area contributed by atoms with E-state index in [2.05, 4.69) is 13.8 Å². The van der Waals surface area contributed by atoms with E-state index in [4.69, 9.17) is 13.9 Å². The fraction of sp³-hybridized carbons (Fsp3) is 0.429. The lowest BCUT2D eigenvalue weighted by Gasteiger charge is -2.25. The molecular weight excluding hydrogens is 430 g/mol. The van der Waals surface area contributed by atoms with Gasteiger partial charge in [0.25, 0.3) is 5.91 Å². The molecule has 1 aromatic heterocycles. The topological polar surface area (TPSA) is 69.0 Å². The zero-order chi connectivity index (χ0) is 24.1. The summed E-state index contributed by atoms with van der Waals surface area (Å²) in [5.41, 5.74) is 1.49. The monoisotopic (exact) mass is 463 g/mol. The SMILES string of the molecule is CCCCCOc1ccc([C@@H]2c3c(oc4ccccc4c3=O)C(=O)N2CCCC)cc1OCC. The van der Waals surface area contributed by atoms with Gasteiger partial charge in [0.1, 0.15) is 5.58 Å². The number of ether oxygens (including phenoxy) is 2. The maximum Gasteiger partial charge on any atom is 0.290 e. The van der Waals surface area contributed by atoms with Crippen LogP contribution in [0.3, 0.4) is 0 Å². The van der Waals surface area contributed by atoms with Gasteiger partial charge in [0.05, 0.1) is 30.2 Å². The molecule has 0 spiro atoms. The first-order valence-electron chi connectivity index (χ1n) is 12.4. The van der Waals surface area contributed by atoms with Gasteiger partial charge in [-0.25, -0.2) is 0 Å². The first-order valence-corrected chi connectivity index (χ1v) is 12.4. The quantitative estimate of drug-likeness (QED) is 0.321. The van der Waals surface area contributed by atoms with E-state index in [1.165, 1.54) is 0 Å². The lowest BCUT2D eigenvalue weighted by molar-refractivity contribution is 0.0725. The van der Waals surface area contributed by atoms with E-state index in [1.54, 1.807) is 23.1 Å². The summed E-state index contributed by atoms with van der Waals surface area (Å²) in [6.07, 6.45) is 4.98. The fourth-order valence-electron chi connectivity index (χ4n) is 4.49. The van der Waals surface area contributed by atoms with Gasteiger partial charge in [0.2, 0.25) is 5.76 Å². The molecular formula is C28H33NO5. The summed E-state index contributed by atoms with van der Waals surface area (Å²) in [6, 6.07) is 12.3. The molecule has 6 heteroatoms. The van der Waals surface area contributed by atoms with Crippen molar-refractivity contribution in [3.63, 3.8) is 0 Å². The highest BCUT2D eigenvalue weighted by molar-refractivity contribution is 5.99. The fourth-order valence-corrected chi connectivity index (χ4v) is 4.49. The Kier molecular flexibility index (Phi) is 7.56. The Morgan fingerprint density at radius 3 is 2.47 bits per heavy atom. The second-order valence-electron chi connectivity index (χ2n) is 8.62. The predicted molar refractivity (Wildman–Crippen MR) is 133 cm³/mol. The smallest absolute Gasteiger partial charge is 0.290 e. The van der Waals surface area contributed by atoms with Crippen molar-refractivity contribution in [3.05, 3.63) is 69.6 Å². The van der Waals surface area contributed by atoms with Gasteiger partial charge in [-0.15, -0.1) is 0 Å². The molecule has 2 aromatic carbocycles. The third-order valence-corrected chi connectivity index (χ3v) is 6.21. The van der Waals surface area contributed by atoms with Crippen LogP contribution in [-0.4, -0.2) is 30.6 Å². The zero-order valence-corrected chi connectivity index (χ0v) is 20.3. The molecule has 180 valence electrons. The number of rotatable bonds is 11. The Morgan fingerprint density at radius 1 is 0.912 bits per heavy atom. The molecule has 6 nitrogen and oxygen atoms in total. The summed E-state index contributed by atoms with van der Waals surface area (Å²) in [6.45, 7) is 7.82. The van der Waals surface area contributed by atoms with E-state index in [0.29, 0.717) is 47.8 Å². The number of unbranched alkanes of at least 4 members (excludes halogenated alkanes) is 3. The number of para-hydroxylation sites is 1. The number of hydrogen-bond donors (Lipinski definition) is 0. The molecule has 1 amide bonds. The highest BCUT2D eigenvalue weighted by atomic mass is 16.5. The summed E-state index contributed by atoms with van der Waals surface area (Å²) < 4.78 is 17.9. The number of carbonyl (C=O) groups excluding carboxylic acids is 1. The predicted octanol–water partition coefficient (Wildman–Crippen LogP) is 6.11. The Morgan fingerprint density at radius 2 is 1.71 bits per heavy atom. The molecule has 0 saturated heterocycles. The van der Waals surface area contributed by atoms with Gasteiger partial charge in [-0.2, -0.15) is 0 Å². The molecule has 0 unspecified atom stereocenters. The Balaban J connectivity index is 1.80. The van der Waals surface area contributed by atoms with Crippen LogP contribution >= 0.6 is 0 Å². The van der Waals surface area contributed by atoms with Crippen LogP contribution in [0, 0.1) is 0 Å². The van der Waals surface area contributed by atoms with Crippen LogP contribution in [0.25, 0.3) is 11.0 Å². The molecule has 1 atom stereocenters. The summed E-state index contributed by atoms with van der Waals surface area (Å²) in [4.78, 5) is 28.7. The van der Waals surface area contributed by atoms with Crippen LogP contribution in [0.2, 0.25) is 0 Å². The van der Waals surface area contributed by atoms with E-state index in [9.17, 15) is 9.59 Å². The summed E-state index contributed by atoms with van der Waals surface area (Å²) in [5.74, 6) is 1.20. The zero-order valence-electron chi connectivity index (χ0n) is 20.3. The molecule has 0 aliphatic carbocycles. The minimum absolute atomic E-state index is 0.141. The molecule has 0 radical (unpaired) electrons. The van der Waals surface area contributed by atoms with Crippen LogP contribution < -0.4 is 14.9 Å². The third-order valence-electron chi connectivity index (χ3n) is 6.21. The van der Waals surface area contributed by atoms with Crippen molar-refractivity contribution in [2.75, 3.05) is 19.8 Å². The molecule has 2 heterocycles. The standard InChI is InChI=1S/C28H33NO5/c1-4-7-11-17-33-22-15-14-19(18-23(22)32-6-3)25-24-26(30)20-12-9-10-13-21(20)34-27(24)28(31)29(25)16-8-5-2/h9-10,12-15,18,25H,4-8,11,16-17H2,1-3H3/t25-/m1/s1. The van der Waals surface area contributed by atoms with Crippen molar-refractivity contribution in [2.45, 2.75) is 58.9 Å². The average molecular weight is 464 g/mol. The number of benzene rings is 2. The van der Waals surface area contributed by atoms with Crippen LogP contribution in [0.15, 0.2) is 51.7 Å². The molecule has 0 fully saturated rings. The van der Waals surface area contributed by atoms with Gasteiger partial charge in [-0.3, -0.25) is 9.59 Å². The summed E-state index contributed by atoms with van der Waals surface area (Å²) >= 11 is 0. The Bertz CT molecular complexity index is 1220. The van der Waals surface area contributed by atoms with Crippen molar-refractivity contribution in [1.82, 2.24) is 4.90 Å². The molecule has 1 aliphatic rings. The van der Waals surface area contributed by atoms with Crippen molar-refractivity contribution in [2.24, 2.45) is 0 Å². The van der Waals surface area contributed by atoms with Crippen molar-refractivity contribution >= 4 is 16.9 Å². The number of hydrogen-bond acceptors (Lipinski definition) is 5. The molecule has 34 heavy (non-hydrogen) atoms. The largest absolute Gasteiger partial charge is 0.490 e. The first kappa shape index (κ1) is 23.9. The van der Waals surface area contributed by atoms with Crippen molar-refractivity contribution in [3.8, 4) is 11.5 Å². The minimum Gasteiger partial charge on any atom is -0.490 e. The Labute approximate surface area is 200 Å². The molecule has 1 aliphatic heterocycles. The first-order chi connectivity index (χ1) is 16.6. The number of nitrogens with zero attached hydrogens (tertiary/aromatic N) is 1. The second-order valence-corrected chi connectivity index (χ2v) is 8.62. The van der Waals surface area contributed by atoms with Gasteiger partial charge in [-0.05, 0) is 49.6 Å². The highest BCUT2D eigenvalue weighted by Gasteiger charge is 2.42. The molecule has 0 saturated carbocycles. The normalized spacial score (nSPS) is 15.1. The van der Waals surface area contributed by atoms with Gasteiger partial charge < -0.3 is 18.8 Å². The molecule has 0 bridgehead atoms. The lowest BCUT2D eigenvalue weighted by Crippen LogP contribution is -2.30. The van der Waals surface area contributed by atoms with E-state index in [-0.39, 0.29) is 17.1 Å². The Hall–Kier alpha value is -3.28. The third kappa shape index (κ3) is 4.54.